The Labute approximate surface area is 251 Å². The van der Waals surface area contributed by atoms with Crippen LogP contribution >= 0.6 is 0 Å². The maximum atomic E-state index is 13.3. The van der Waals surface area contributed by atoms with Crippen LogP contribution in [0.15, 0.2) is 91.0 Å². The van der Waals surface area contributed by atoms with Crippen molar-refractivity contribution in [3.63, 3.8) is 0 Å². The number of benzene rings is 4. The van der Waals surface area contributed by atoms with Gasteiger partial charge in [-0.05, 0) is 89.2 Å². The highest BCUT2D eigenvalue weighted by Crippen LogP contribution is 2.33. The number of fused-ring (bicyclic) bond motifs is 1. The Morgan fingerprint density at radius 3 is 2.19 bits per heavy atom. The van der Waals surface area contributed by atoms with Crippen LogP contribution in [-0.2, 0) is 12.0 Å². The Morgan fingerprint density at radius 2 is 1.50 bits per heavy atom. The van der Waals surface area contributed by atoms with E-state index < -0.39 is 0 Å². The Bertz CT molecular complexity index is 1730. The van der Waals surface area contributed by atoms with Crippen LogP contribution in [0.5, 0.6) is 0 Å². The number of carbonyl (C=O) groups excluding carboxylic acids is 1. The molecule has 0 saturated carbocycles. The van der Waals surface area contributed by atoms with Crippen molar-refractivity contribution in [2.45, 2.75) is 79.3 Å². The molecular formula is C39H44N2O. The first-order valence-corrected chi connectivity index (χ1v) is 15.1. The van der Waals surface area contributed by atoms with E-state index in [1.165, 1.54) is 39.1 Å². The second-order valence-electron chi connectivity index (χ2n) is 13.0. The van der Waals surface area contributed by atoms with Crippen molar-refractivity contribution >= 4 is 16.8 Å². The summed E-state index contributed by atoms with van der Waals surface area (Å²) in [5.74, 6) is 0.406. The first kappa shape index (κ1) is 29.4. The predicted octanol–water partition coefficient (Wildman–Crippen LogP) is 9.89. The summed E-state index contributed by atoms with van der Waals surface area (Å²) in [7, 11) is 0. The van der Waals surface area contributed by atoms with Gasteiger partial charge in [0.15, 0.2) is 0 Å². The zero-order valence-electron chi connectivity index (χ0n) is 26.4. The third-order valence-electron chi connectivity index (χ3n) is 8.67. The van der Waals surface area contributed by atoms with E-state index in [9.17, 15) is 4.79 Å². The summed E-state index contributed by atoms with van der Waals surface area (Å²) in [6.45, 7) is 18.3. The van der Waals surface area contributed by atoms with Gasteiger partial charge in [-0.25, -0.2) is 0 Å². The highest BCUT2D eigenvalue weighted by molar-refractivity contribution is 5.99. The van der Waals surface area contributed by atoms with Crippen LogP contribution in [-0.4, -0.2) is 10.5 Å². The van der Waals surface area contributed by atoms with Crippen LogP contribution < -0.4 is 5.32 Å². The number of hydrogen-bond donors (Lipinski definition) is 1. The standard InChI is InChI=1S/C39H44N2O/c1-25(2)31-12-11-13-32(22-31)27(4)40-38(42)33-20-21-37-35(23-33)26(3)28(5)41(37)24-29-16-18-30(19-17-29)34-14-9-10-15-36(34)39(6,7)8/h9-23,25,27H,24H2,1-8H3,(H,40,42)/t27-/m0/s1. The van der Waals surface area contributed by atoms with Gasteiger partial charge in [0, 0.05) is 28.7 Å². The van der Waals surface area contributed by atoms with Gasteiger partial charge in [0.25, 0.3) is 5.91 Å². The van der Waals surface area contributed by atoms with E-state index in [1.54, 1.807) is 0 Å². The molecule has 0 aliphatic heterocycles. The van der Waals surface area contributed by atoms with Gasteiger partial charge in [0.1, 0.15) is 0 Å². The molecule has 1 amide bonds. The van der Waals surface area contributed by atoms with E-state index >= 15 is 0 Å². The lowest BCUT2D eigenvalue weighted by molar-refractivity contribution is 0.0940. The van der Waals surface area contributed by atoms with E-state index in [0.29, 0.717) is 11.5 Å². The zero-order valence-corrected chi connectivity index (χ0v) is 26.4. The first-order chi connectivity index (χ1) is 19.9. The number of carbonyl (C=O) groups is 1. The van der Waals surface area contributed by atoms with Crippen LogP contribution in [0.3, 0.4) is 0 Å². The molecule has 216 valence electrons. The van der Waals surface area contributed by atoms with Gasteiger partial charge in [-0.15, -0.1) is 0 Å². The van der Waals surface area contributed by atoms with E-state index in [1.807, 2.05) is 12.1 Å². The van der Waals surface area contributed by atoms with Crippen molar-refractivity contribution in [2.24, 2.45) is 0 Å². The SMILES string of the molecule is Cc1c(C)n(Cc2ccc(-c3ccccc3C(C)(C)C)cc2)c2ccc(C(=O)N[C@@H](C)c3cccc(C(C)C)c3)cc12. The fourth-order valence-electron chi connectivity index (χ4n) is 5.91. The molecule has 0 spiro atoms. The van der Waals surface area contributed by atoms with Crippen LogP contribution in [0.25, 0.3) is 22.0 Å². The van der Waals surface area contributed by atoms with Gasteiger partial charge in [-0.3, -0.25) is 4.79 Å². The molecular weight excluding hydrogens is 512 g/mol. The number of rotatable bonds is 7. The molecule has 0 aliphatic carbocycles. The topological polar surface area (TPSA) is 34.0 Å². The Balaban J connectivity index is 1.37. The smallest absolute Gasteiger partial charge is 0.251 e. The van der Waals surface area contributed by atoms with Gasteiger partial charge in [0.05, 0.1) is 6.04 Å². The van der Waals surface area contributed by atoms with Gasteiger partial charge >= 0.3 is 0 Å². The monoisotopic (exact) mass is 556 g/mol. The second kappa shape index (κ2) is 11.6. The highest BCUT2D eigenvalue weighted by Gasteiger charge is 2.19. The zero-order chi connectivity index (χ0) is 30.2. The molecule has 0 radical (unpaired) electrons. The average Bonchev–Trinajstić information content (AvgIpc) is 3.21. The molecule has 1 aromatic heterocycles. The van der Waals surface area contributed by atoms with E-state index in [4.69, 9.17) is 0 Å². The summed E-state index contributed by atoms with van der Waals surface area (Å²) in [4.78, 5) is 13.3. The van der Waals surface area contributed by atoms with Crippen molar-refractivity contribution in [3.8, 4) is 11.1 Å². The molecule has 3 nitrogen and oxygen atoms in total. The average molecular weight is 557 g/mol. The summed E-state index contributed by atoms with van der Waals surface area (Å²) >= 11 is 0. The number of amides is 1. The summed E-state index contributed by atoms with van der Waals surface area (Å²) < 4.78 is 2.37. The molecule has 3 heteroatoms. The van der Waals surface area contributed by atoms with E-state index in [0.717, 1.165) is 23.0 Å². The lowest BCUT2D eigenvalue weighted by Gasteiger charge is -2.23. The molecule has 1 atom stereocenters. The summed E-state index contributed by atoms with van der Waals surface area (Å²) in [5.41, 5.74) is 11.9. The van der Waals surface area contributed by atoms with E-state index in [2.05, 4.69) is 144 Å². The molecule has 5 aromatic rings. The predicted molar refractivity (Wildman–Crippen MR) is 178 cm³/mol. The minimum absolute atomic E-state index is 0.0460. The Kier molecular flexibility index (Phi) is 8.14. The molecule has 0 fully saturated rings. The molecule has 0 saturated heterocycles. The van der Waals surface area contributed by atoms with Gasteiger partial charge in [0.2, 0.25) is 0 Å². The van der Waals surface area contributed by atoms with Crippen LogP contribution in [0.2, 0.25) is 0 Å². The maximum Gasteiger partial charge on any atom is 0.251 e. The van der Waals surface area contributed by atoms with Crippen molar-refractivity contribution < 1.29 is 4.79 Å². The molecule has 42 heavy (non-hydrogen) atoms. The van der Waals surface area contributed by atoms with E-state index in [-0.39, 0.29) is 17.4 Å². The molecule has 0 aliphatic rings. The van der Waals surface area contributed by atoms with Crippen molar-refractivity contribution in [2.75, 3.05) is 0 Å². The van der Waals surface area contributed by atoms with Gasteiger partial charge in [-0.2, -0.15) is 0 Å². The number of aryl methyl sites for hydroxylation is 1. The quantitative estimate of drug-likeness (QED) is 0.213. The normalized spacial score (nSPS) is 12.6. The summed E-state index contributed by atoms with van der Waals surface area (Å²) in [6.07, 6.45) is 0. The molecule has 4 aromatic carbocycles. The first-order valence-electron chi connectivity index (χ1n) is 15.1. The lowest BCUT2D eigenvalue weighted by Crippen LogP contribution is -2.26. The summed E-state index contributed by atoms with van der Waals surface area (Å²) in [6, 6.07) is 32.2. The number of aromatic nitrogens is 1. The molecule has 5 rings (SSSR count). The minimum atomic E-state index is -0.0716. The Morgan fingerprint density at radius 1 is 0.810 bits per heavy atom. The van der Waals surface area contributed by atoms with Crippen LogP contribution in [0, 0.1) is 13.8 Å². The second-order valence-corrected chi connectivity index (χ2v) is 13.0. The van der Waals surface area contributed by atoms with Crippen LogP contribution in [0.1, 0.15) is 97.4 Å². The fourth-order valence-corrected chi connectivity index (χ4v) is 5.91. The number of nitrogens with one attached hydrogen (secondary N) is 1. The fraction of sp³-hybridized carbons (Fsp3) is 0.308. The third kappa shape index (κ3) is 5.92. The van der Waals surface area contributed by atoms with Gasteiger partial charge in [-0.1, -0.05) is 107 Å². The lowest BCUT2D eigenvalue weighted by atomic mass is 9.82. The van der Waals surface area contributed by atoms with Crippen LogP contribution in [0.4, 0.5) is 0 Å². The summed E-state index contributed by atoms with van der Waals surface area (Å²) in [5, 5.41) is 4.34. The van der Waals surface area contributed by atoms with Gasteiger partial charge < -0.3 is 9.88 Å². The molecule has 1 N–H and O–H groups in total. The van der Waals surface area contributed by atoms with Crippen molar-refractivity contribution in [3.05, 3.63) is 130 Å². The van der Waals surface area contributed by atoms with Crippen molar-refractivity contribution in [1.82, 2.24) is 9.88 Å². The maximum absolute atomic E-state index is 13.3. The Hall–Kier alpha value is -4.11. The minimum Gasteiger partial charge on any atom is -0.346 e. The molecule has 1 heterocycles. The highest BCUT2D eigenvalue weighted by atomic mass is 16.1. The third-order valence-corrected chi connectivity index (χ3v) is 8.67. The molecule has 0 bridgehead atoms. The number of nitrogens with zero attached hydrogens (tertiary/aromatic N) is 1. The largest absolute Gasteiger partial charge is 0.346 e. The van der Waals surface area contributed by atoms with Crippen molar-refractivity contribution in [1.29, 1.82) is 0 Å². The molecule has 0 unspecified atom stereocenters. The number of hydrogen-bond acceptors (Lipinski definition) is 1.